The van der Waals surface area contributed by atoms with Gasteiger partial charge in [0.1, 0.15) is 23.4 Å². The number of carbonyl (C=O) groups is 2. The second-order valence-corrected chi connectivity index (χ2v) is 9.60. The number of hydrogen-bond acceptors (Lipinski definition) is 5. The molecule has 2 heterocycles. The van der Waals surface area contributed by atoms with Crippen molar-refractivity contribution in [3.8, 4) is 11.5 Å². The minimum absolute atomic E-state index is 0.0572. The minimum Gasteiger partial charge on any atom is -0.507 e. The van der Waals surface area contributed by atoms with Crippen LogP contribution in [0.1, 0.15) is 48.6 Å². The van der Waals surface area contributed by atoms with Gasteiger partial charge in [-0.1, -0.05) is 49.4 Å². The molecule has 37 heavy (non-hydrogen) atoms. The van der Waals surface area contributed by atoms with Gasteiger partial charge in [0.15, 0.2) is 0 Å². The maximum Gasteiger partial charge on any atom is 0.295 e. The van der Waals surface area contributed by atoms with Crippen LogP contribution in [-0.2, 0) is 22.4 Å². The lowest BCUT2D eigenvalue weighted by Crippen LogP contribution is -2.31. The summed E-state index contributed by atoms with van der Waals surface area (Å²) in [6, 6.07) is 22.0. The molecule has 190 valence electrons. The number of hydrogen-bond donors (Lipinski definition) is 1. The molecule has 0 spiro atoms. The molecule has 1 fully saturated rings. The third-order valence-electron chi connectivity index (χ3n) is 6.84. The summed E-state index contributed by atoms with van der Waals surface area (Å²) in [6.45, 7) is 4.93. The lowest BCUT2D eigenvalue weighted by molar-refractivity contribution is -0.139. The Morgan fingerprint density at radius 1 is 1.05 bits per heavy atom. The van der Waals surface area contributed by atoms with Gasteiger partial charge in [-0.3, -0.25) is 9.59 Å². The maximum atomic E-state index is 13.4. The van der Waals surface area contributed by atoms with Crippen molar-refractivity contribution in [2.24, 2.45) is 0 Å². The van der Waals surface area contributed by atoms with E-state index < -0.39 is 17.7 Å². The van der Waals surface area contributed by atoms with Gasteiger partial charge in [0, 0.05) is 18.5 Å². The zero-order valence-corrected chi connectivity index (χ0v) is 21.1. The normalized spacial score (nSPS) is 20.1. The number of ether oxygens (including phenoxy) is 2. The van der Waals surface area contributed by atoms with Gasteiger partial charge in [0.05, 0.1) is 18.2 Å². The van der Waals surface area contributed by atoms with Crippen LogP contribution in [0.25, 0.3) is 5.76 Å². The topological polar surface area (TPSA) is 76.1 Å². The monoisotopic (exact) mass is 497 g/mol. The molecule has 0 aromatic heterocycles. The number of Topliss-reactive ketones (excluding diaryl/α,β-unsaturated/α-hetero) is 1. The average molecular weight is 498 g/mol. The number of amides is 1. The molecule has 2 atom stereocenters. The van der Waals surface area contributed by atoms with Gasteiger partial charge in [-0.05, 0) is 66.8 Å². The van der Waals surface area contributed by atoms with Crippen LogP contribution in [0.4, 0.5) is 0 Å². The molecular weight excluding hydrogens is 466 g/mol. The number of ketones is 1. The summed E-state index contributed by atoms with van der Waals surface area (Å²) in [5.41, 5.74) is 3.36. The summed E-state index contributed by atoms with van der Waals surface area (Å²) in [7, 11) is 0. The highest BCUT2D eigenvalue weighted by Gasteiger charge is 2.46. The molecule has 0 bridgehead atoms. The Kier molecular flexibility index (Phi) is 6.99. The Balaban J connectivity index is 1.57. The number of benzene rings is 3. The van der Waals surface area contributed by atoms with Gasteiger partial charge in [-0.25, -0.2) is 0 Å². The Bertz CT molecular complexity index is 1350. The van der Waals surface area contributed by atoms with E-state index in [0.29, 0.717) is 30.9 Å². The number of fused-ring (bicyclic) bond motifs is 1. The van der Waals surface area contributed by atoms with Crippen LogP contribution in [0.3, 0.4) is 0 Å². The van der Waals surface area contributed by atoms with E-state index in [1.54, 1.807) is 11.0 Å². The lowest BCUT2D eigenvalue weighted by atomic mass is 9.94. The van der Waals surface area contributed by atoms with Crippen LogP contribution in [0.5, 0.6) is 11.5 Å². The van der Waals surface area contributed by atoms with Crippen molar-refractivity contribution >= 4 is 17.4 Å². The number of nitrogens with zero attached hydrogens (tertiary/aromatic N) is 1. The van der Waals surface area contributed by atoms with Crippen molar-refractivity contribution in [2.75, 3.05) is 13.2 Å². The second-order valence-electron chi connectivity index (χ2n) is 9.60. The second kappa shape index (κ2) is 10.5. The van der Waals surface area contributed by atoms with Crippen molar-refractivity contribution in [3.05, 3.63) is 101 Å². The summed E-state index contributed by atoms with van der Waals surface area (Å²) in [6.07, 6.45) is 2.23. The van der Waals surface area contributed by atoms with E-state index in [1.165, 1.54) is 0 Å². The molecule has 6 heteroatoms. The van der Waals surface area contributed by atoms with Crippen molar-refractivity contribution in [3.63, 3.8) is 0 Å². The van der Waals surface area contributed by atoms with Gasteiger partial charge in [0.2, 0.25) is 0 Å². The van der Waals surface area contributed by atoms with Crippen LogP contribution in [0, 0.1) is 0 Å². The zero-order chi connectivity index (χ0) is 25.9. The number of carbonyl (C=O) groups excluding carboxylic acids is 2. The van der Waals surface area contributed by atoms with Crippen LogP contribution < -0.4 is 9.47 Å². The third-order valence-corrected chi connectivity index (χ3v) is 6.84. The predicted molar refractivity (Wildman–Crippen MR) is 142 cm³/mol. The molecule has 1 N–H and O–H groups in total. The molecule has 2 aliphatic rings. The van der Waals surface area contributed by atoms with Gasteiger partial charge in [-0.2, -0.15) is 0 Å². The van der Waals surface area contributed by atoms with Crippen LogP contribution in [-0.4, -0.2) is 41.0 Å². The molecule has 1 saturated heterocycles. The maximum absolute atomic E-state index is 13.4. The molecule has 6 nitrogen and oxygen atoms in total. The first-order valence-corrected chi connectivity index (χ1v) is 12.8. The fraction of sp³-hybridized carbons (Fsp3) is 0.290. The molecule has 0 unspecified atom stereocenters. The van der Waals surface area contributed by atoms with Crippen LogP contribution in [0.15, 0.2) is 78.4 Å². The summed E-state index contributed by atoms with van der Waals surface area (Å²) in [5, 5.41) is 11.5. The average Bonchev–Trinajstić information content (AvgIpc) is 3.41. The summed E-state index contributed by atoms with van der Waals surface area (Å²) in [5.74, 6) is -0.0184. The Hall–Kier alpha value is -4.06. The van der Waals surface area contributed by atoms with E-state index in [2.05, 4.69) is 0 Å². The van der Waals surface area contributed by atoms with E-state index in [4.69, 9.17) is 9.47 Å². The van der Waals surface area contributed by atoms with E-state index in [0.717, 1.165) is 35.3 Å². The molecule has 3 aromatic rings. The van der Waals surface area contributed by atoms with Gasteiger partial charge in [-0.15, -0.1) is 0 Å². The van der Waals surface area contributed by atoms with E-state index >= 15 is 0 Å². The Labute approximate surface area is 217 Å². The van der Waals surface area contributed by atoms with Gasteiger partial charge < -0.3 is 19.5 Å². The largest absolute Gasteiger partial charge is 0.507 e. The van der Waals surface area contributed by atoms with Gasteiger partial charge in [0.25, 0.3) is 11.7 Å². The number of aliphatic hydroxyl groups is 1. The molecular formula is C31H31NO5. The number of rotatable bonds is 8. The minimum atomic E-state index is -0.725. The van der Waals surface area contributed by atoms with Crippen molar-refractivity contribution in [1.82, 2.24) is 4.90 Å². The van der Waals surface area contributed by atoms with Gasteiger partial charge >= 0.3 is 0 Å². The van der Waals surface area contributed by atoms with Crippen LogP contribution in [0.2, 0.25) is 0 Å². The Morgan fingerprint density at radius 2 is 1.86 bits per heavy atom. The fourth-order valence-corrected chi connectivity index (χ4v) is 5.07. The number of aliphatic hydroxyl groups excluding tert-OH is 1. The van der Waals surface area contributed by atoms with Crippen molar-refractivity contribution < 1.29 is 24.2 Å². The zero-order valence-electron chi connectivity index (χ0n) is 21.1. The molecule has 1 amide bonds. The molecule has 0 radical (unpaired) electrons. The lowest BCUT2D eigenvalue weighted by Gasteiger charge is -2.26. The SMILES string of the molecule is CCCOc1cccc([C@@H]2/C(=C(\O)c3ccc4c(c3)C[C@@H](C)O4)C(=O)C(=O)N2CCc2ccccc2)c1. The van der Waals surface area contributed by atoms with E-state index in [1.807, 2.05) is 80.6 Å². The molecule has 0 aliphatic carbocycles. The molecule has 2 aliphatic heterocycles. The quantitative estimate of drug-likeness (QED) is 0.254. The fourth-order valence-electron chi connectivity index (χ4n) is 5.07. The summed E-state index contributed by atoms with van der Waals surface area (Å²) in [4.78, 5) is 28.3. The third kappa shape index (κ3) is 4.96. The first kappa shape index (κ1) is 24.6. The molecule has 0 saturated carbocycles. The van der Waals surface area contributed by atoms with E-state index in [9.17, 15) is 14.7 Å². The smallest absolute Gasteiger partial charge is 0.295 e. The highest BCUT2D eigenvalue weighted by molar-refractivity contribution is 6.46. The predicted octanol–water partition coefficient (Wildman–Crippen LogP) is 5.46. The number of likely N-dealkylation sites (tertiary alicyclic amines) is 1. The molecule has 5 rings (SSSR count). The van der Waals surface area contributed by atoms with Crippen LogP contribution >= 0.6 is 0 Å². The van der Waals surface area contributed by atoms with Crippen molar-refractivity contribution in [1.29, 1.82) is 0 Å². The first-order chi connectivity index (χ1) is 18.0. The summed E-state index contributed by atoms with van der Waals surface area (Å²) < 4.78 is 11.6. The van der Waals surface area contributed by atoms with E-state index in [-0.39, 0.29) is 17.4 Å². The Morgan fingerprint density at radius 3 is 2.65 bits per heavy atom. The van der Waals surface area contributed by atoms with Crippen molar-refractivity contribution in [2.45, 2.75) is 45.3 Å². The highest BCUT2D eigenvalue weighted by Crippen LogP contribution is 2.41. The molecule has 3 aromatic carbocycles. The first-order valence-electron chi connectivity index (χ1n) is 12.8. The standard InChI is InChI=1S/C31H31NO5/c1-3-16-36-25-11-7-10-22(19-25)28-27(29(33)23-12-13-26-24(18-23)17-20(2)37-26)30(34)31(35)32(28)15-14-21-8-5-4-6-9-21/h4-13,18-20,28,33H,3,14-17H2,1-2H3/b29-27+/t20-,28-/m1/s1. The highest BCUT2D eigenvalue weighted by atomic mass is 16.5. The summed E-state index contributed by atoms with van der Waals surface area (Å²) >= 11 is 0.